The zero-order chi connectivity index (χ0) is 35.9. The summed E-state index contributed by atoms with van der Waals surface area (Å²) in [5, 5.41) is 0. The van der Waals surface area contributed by atoms with Gasteiger partial charge >= 0.3 is 0 Å². The highest BCUT2D eigenvalue weighted by atomic mass is 16.7. The van der Waals surface area contributed by atoms with Crippen molar-refractivity contribution in [3.05, 3.63) is 160 Å². The summed E-state index contributed by atoms with van der Waals surface area (Å²) in [5.41, 5.74) is 21.4. The molecule has 0 aromatic heterocycles. The van der Waals surface area contributed by atoms with Gasteiger partial charge in [-0.15, -0.1) is 0 Å². The molecule has 4 aliphatic rings. The molecule has 0 amide bonds. The highest BCUT2D eigenvalue weighted by Crippen LogP contribution is 2.57. The minimum Gasteiger partial charge on any atom is -0.346 e. The van der Waals surface area contributed by atoms with Gasteiger partial charge in [0.1, 0.15) is 0 Å². The first-order valence-corrected chi connectivity index (χ1v) is 19.8. The first-order valence-electron chi connectivity index (χ1n) is 19.8. The van der Waals surface area contributed by atoms with Crippen molar-refractivity contribution in [2.24, 2.45) is 0 Å². The van der Waals surface area contributed by atoms with Crippen LogP contribution < -0.4 is 4.90 Å². The zero-order valence-electron chi connectivity index (χ0n) is 31.3. The van der Waals surface area contributed by atoms with Gasteiger partial charge in [-0.1, -0.05) is 107 Å². The maximum Gasteiger partial charge on any atom is 0.184 e. The molecule has 3 nitrogen and oxygen atoms in total. The van der Waals surface area contributed by atoms with Crippen LogP contribution in [0.5, 0.6) is 0 Å². The number of hydrogen-bond acceptors (Lipinski definition) is 3. The van der Waals surface area contributed by atoms with Gasteiger partial charge < -0.3 is 14.4 Å². The minimum absolute atomic E-state index is 0.00318. The fraction of sp³-hybridized carbons (Fsp3) is 0.280. The van der Waals surface area contributed by atoms with Crippen molar-refractivity contribution in [1.29, 1.82) is 0 Å². The van der Waals surface area contributed by atoms with Crippen molar-refractivity contribution >= 4 is 17.1 Å². The molecule has 10 rings (SSSR count). The van der Waals surface area contributed by atoms with E-state index in [1.807, 2.05) is 0 Å². The minimum atomic E-state index is -0.281. The molecule has 1 saturated heterocycles. The van der Waals surface area contributed by atoms with E-state index < -0.39 is 0 Å². The maximum atomic E-state index is 5.97. The van der Waals surface area contributed by atoms with E-state index in [9.17, 15) is 0 Å². The normalized spacial score (nSPS) is 16.8. The van der Waals surface area contributed by atoms with E-state index in [0.717, 1.165) is 37.7 Å². The summed E-state index contributed by atoms with van der Waals surface area (Å²) in [7, 11) is 0. The van der Waals surface area contributed by atoms with Crippen LogP contribution in [0.25, 0.3) is 33.4 Å². The van der Waals surface area contributed by atoms with Gasteiger partial charge in [-0.3, -0.25) is 0 Å². The fourth-order valence-corrected chi connectivity index (χ4v) is 10.7. The first kappa shape index (κ1) is 32.7. The summed E-state index contributed by atoms with van der Waals surface area (Å²) >= 11 is 0. The Bertz CT molecular complexity index is 2410. The van der Waals surface area contributed by atoms with Crippen molar-refractivity contribution in [2.45, 2.75) is 76.9 Å². The number of benzene rings is 6. The molecule has 0 radical (unpaired) electrons. The molecule has 3 heteroatoms. The largest absolute Gasteiger partial charge is 0.346 e. The van der Waals surface area contributed by atoms with Gasteiger partial charge in [-0.05, 0) is 141 Å². The maximum absolute atomic E-state index is 5.97. The lowest BCUT2D eigenvalue weighted by Crippen LogP contribution is -2.24. The highest BCUT2D eigenvalue weighted by Gasteiger charge is 2.43. The molecule has 0 saturated carbocycles. The van der Waals surface area contributed by atoms with Crippen LogP contribution in [0.1, 0.15) is 98.6 Å². The molecule has 53 heavy (non-hydrogen) atoms. The van der Waals surface area contributed by atoms with Gasteiger partial charge in [-0.2, -0.15) is 0 Å². The van der Waals surface area contributed by atoms with Crippen molar-refractivity contribution in [3.63, 3.8) is 0 Å². The summed E-state index contributed by atoms with van der Waals surface area (Å²) in [5.74, 6) is 0. The van der Waals surface area contributed by atoms with E-state index in [1.54, 1.807) is 0 Å². The molecule has 0 N–H and O–H groups in total. The van der Waals surface area contributed by atoms with Gasteiger partial charge in [0.2, 0.25) is 0 Å². The lowest BCUT2D eigenvalue weighted by atomic mass is 9.73. The molecule has 1 fully saturated rings. The summed E-state index contributed by atoms with van der Waals surface area (Å²) in [6.45, 7) is 10.7. The standard InChI is InChI=1S/C50H47NO2/c1-5-49(6-2)44-16-12-11-15-40(44)42-23-19-36(30-46(42)49)51(35-18-22-39-34(28-35)27-32-13-9-10-14-38(32)39)37-20-24-43-41-21-17-33(48-52-25-26-53-48)29-45(41)50(7-3,8-4)47(43)31-37/h9-24,28-31,48H,5-8,25-27H2,1-4H3. The van der Waals surface area contributed by atoms with Crippen LogP contribution in [0.15, 0.2) is 121 Å². The van der Waals surface area contributed by atoms with E-state index in [2.05, 4.69) is 154 Å². The van der Waals surface area contributed by atoms with Crippen LogP contribution >= 0.6 is 0 Å². The second kappa shape index (κ2) is 12.3. The molecular formula is C50H47NO2. The van der Waals surface area contributed by atoms with E-state index in [0.29, 0.717) is 13.2 Å². The summed E-state index contributed by atoms with van der Waals surface area (Å²) in [6, 6.07) is 46.6. The van der Waals surface area contributed by atoms with Gasteiger partial charge in [-0.25, -0.2) is 0 Å². The smallest absolute Gasteiger partial charge is 0.184 e. The van der Waals surface area contributed by atoms with Gasteiger partial charge in [0.05, 0.1) is 13.2 Å². The predicted molar refractivity (Wildman–Crippen MR) is 218 cm³/mol. The Morgan fingerprint density at radius 2 is 0.943 bits per heavy atom. The van der Waals surface area contributed by atoms with Crippen molar-refractivity contribution in [1.82, 2.24) is 0 Å². The number of hydrogen-bond donors (Lipinski definition) is 0. The molecule has 264 valence electrons. The number of nitrogens with zero attached hydrogens (tertiary/aromatic N) is 1. The quantitative estimate of drug-likeness (QED) is 0.158. The van der Waals surface area contributed by atoms with Gasteiger partial charge in [0.25, 0.3) is 0 Å². The summed E-state index contributed by atoms with van der Waals surface area (Å²) in [4.78, 5) is 2.54. The monoisotopic (exact) mass is 693 g/mol. The Kier molecular flexibility index (Phi) is 7.58. The Morgan fingerprint density at radius 3 is 1.58 bits per heavy atom. The molecular weight excluding hydrogens is 647 g/mol. The van der Waals surface area contributed by atoms with Crippen molar-refractivity contribution in [3.8, 4) is 33.4 Å². The van der Waals surface area contributed by atoms with Crippen LogP contribution in [0.4, 0.5) is 17.1 Å². The van der Waals surface area contributed by atoms with E-state index in [4.69, 9.17) is 9.47 Å². The predicted octanol–water partition coefficient (Wildman–Crippen LogP) is 12.9. The average molecular weight is 694 g/mol. The Balaban J connectivity index is 1.16. The lowest BCUT2D eigenvalue weighted by molar-refractivity contribution is -0.0441. The molecule has 6 aromatic rings. The summed E-state index contributed by atoms with van der Waals surface area (Å²) in [6.07, 6.45) is 4.86. The zero-order valence-corrected chi connectivity index (χ0v) is 31.3. The van der Waals surface area contributed by atoms with Gasteiger partial charge in [0, 0.05) is 33.5 Å². The Hall–Kier alpha value is -4.96. The summed E-state index contributed by atoms with van der Waals surface area (Å²) < 4.78 is 11.9. The fourth-order valence-electron chi connectivity index (χ4n) is 10.7. The van der Waals surface area contributed by atoms with Crippen LogP contribution in [0.2, 0.25) is 0 Å². The topological polar surface area (TPSA) is 21.7 Å². The highest BCUT2D eigenvalue weighted by molar-refractivity contribution is 5.90. The Labute approximate surface area is 314 Å². The third-order valence-electron chi connectivity index (χ3n) is 13.5. The van der Waals surface area contributed by atoms with Crippen molar-refractivity contribution in [2.75, 3.05) is 18.1 Å². The number of rotatable bonds is 8. The average Bonchev–Trinajstić information content (AvgIpc) is 3.99. The molecule has 6 aromatic carbocycles. The van der Waals surface area contributed by atoms with Gasteiger partial charge in [0.15, 0.2) is 6.29 Å². The third-order valence-corrected chi connectivity index (χ3v) is 13.5. The molecule has 3 aliphatic carbocycles. The van der Waals surface area contributed by atoms with Crippen LogP contribution in [0, 0.1) is 0 Å². The molecule has 0 unspecified atom stereocenters. The van der Waals surface area contributed by atoms with Crippen LogP contribution in [-0.2, 0) is 26.7 Å². The molecule has 0 atom stereocenters. The SMILES string of the molecule is CCC1(CC)c2ccccc2-c2ccc(N(c3ccc4c(c3)Cc3ccccc3-4)c3ccc4c(c3)C(CC)(CC)c3cc(C5OCCO5)ccc3-4)cc21. The molecule has 0 spiro atoms. The Morgan fingerprint density at radius 1 is 0.472 bits per heavy atom. The second-order valence-electron chi connectivity index (χ2n) is 15.5. The third kappa shape index (κ3) is 4.60. The lowest BCUT2D eigenvalue weighted by Gasteiger charge is -2.33. The van der Waals surface area contributed by atoms with E-state index in [-0.39, 0.29) is 17.1 Å². The van der Waals surface area contributed by atoms with E-state index in [1.165, 1.54) is 83.8 Å². The van der Waals surface area contributed by atoms with Crippen molar-refractivity contribution < 1.29 is 9.47 Å². The van der Waals surface area contributed by atoms with Crippen LogP contribution in [-0.4, -0.2) is 13.2 Å². The van der Waals surface area contributed by atoms with Crippen LogP contribution in [0.3, 0.4) is 0 Å². The first-order chi connectivity index (χ1) is 26.0. The number of fused-ring (bicyclic) bond motifs is 9. The molecule has 0 bridgehead atoms. The second-order valence-corrected chi connectivity index (χ2v) is 15.5. The number of ether oxygens (including phenoxy) is 2. The molecule has 1 heterocycles. The van der Waals surface area contributed by atoms with E-state index >= 15 is 0 Å². The number of anilines is 3. The molecule has 1 aliphatic heterocycles.